The Hall–Kier alpha value is -1.32. The van der Waals surface area contributed by atoms with E-state index < -0.39 is 0 Å². The minimum Gasteiger partial charge on any atom is -0.461 e. The second-order valence-corrected chi connectivity index (χ2v) is 5.39. The van der Waals surface area contributed by atoms with Gasteiger partial charge in [0, 0.05) is 17.6 Å². The van der Waals surface area contributed by atoms with Crippen molar-refractivity contribution in [1.82, 2.24) is 4.90 Å². The minimum absolute atomic E-state index is 0.294. The van der Waals surface area contributed by atoms with Crippen LogP contribution in [0.15, 0.2) is 30.3 Å². The monoisotopic (exact) mass is 293 g/mol. The van der Waals surface area contributed by atoms with Crippen molar-refractivity contribution < 1.29 is 9.53 Å². The van der Waals surface area contributed by atoms with Crippen LogP contribution in [0.3, 0.4) is 0 Å². The summed E-state index contributed by atoms with van der Waals surface area (Å²) in [5.41, 5.74) is 0.933. The maximum absolute atomic E-state index is 11.6. The van der Waals surface area contributed by atoms with Gasteiger partial charge in [-0.15, -0.1) is 0 Å². The fourth-order valence-electron chi connectivity index (χ4n) is 2.24. The third-order valence-corrected chi connectivity index (χ3v) is 3.63. The first-order valence-electron chi connectivity index (χ1n) is 7.07. The Kier molecular flexibility index (Phi) is 6.09. The van der Waals surface area contributed by atoms with Gasteiger partial charge in [0.1, 0.15) is 6.61 Å². The first kappa shape index (κ1) is 15.1. The molecule has 0 aliphatic carbocycles. The highest BCUT2D eigenvalue weighted by atomic mass is 35.5. The summed E-state index contributed by atoms with van der Waals surface area (Å²) in [5, 5.41) is 0.686. The molecule has 108 valence electrons. The number of rotatable bonds is 5. The van der Waals surface area contributed by atoms with Crippen LogP contribution in [0.25, 0.3) is 6.08 Å². The zero-order valence-electron chi connectivity index (χ0n) is 11.6. The van der Waals surface area contributed by atoms with Gasteiger partial charge in [-0.25, -0.2) is 4.79 Å². The van der Waals surface area contributed by atoms with Crippen LogP contribution in [0.4, 0.5) is 0 Å². The summed E-state index contributed by atoms with van der Waals surface area (Å²) in [6, 6.07) is 7.31. The van der Waals surface area contributed by atoms with Crippen molar-refractivity contribution in [3.05, 3.63) is 40.9 Å². The van der Waals surface area contributed by atoms with Gasteiger partial charge in [0.05, 0.1) is 0 Å². The molecule has 1 heterocycles. The van der Waals surface area contributed by atoms with Crippen LogP contribution >= 0.6 is 11.6 Å². The Morgan fingerprint density at radius 3 is 2.60 bits per heavy atom. The van der Waals surface area contributed by atoms with E-state index in [2.05, 4.69) is 4.90 Å². The zero-order valence-corrected chi connectivity index (χ0v) is 12.3. The molecular weight excluding hydrogens is 274 g/mol. The molecule has 3 nitrogen and oxygen atoms in total. The van der Waals surface area contributed by atoms with Crippen LogP contribution in [0.1, 0.15) is 24.8 Å². The lowest BCUT2D eigenvalue weighted by molar-refractivity contribution is -0.138. The van der Waals surface area contributed by atoms with Crippen molar-refractivity contribution in [2.24, 2.45) is 0 Å². The average Bonchev–Trinajstić information content (AvgIpc) is 2.48. The number of likely N-dealkylation sites (tertiary alicyclic amines) is 1. The van der Waals surface area contributed by atoms with E-state index in [9.17, 15) is 4.79 Å². The van der Waals surface area contributed by atoms with Crippen LogP contribution in [-0.4, -0.2) is 37.1 Å². The minimum atomic E-state index is -0.294. The molecule has 0 unspecified atom stereocenters. The summed E-state index contributed by atoms with van der Waals surface area (Å²) < 4.78 is 5.20. The van der Waals surface area contributed by atoms with Crippen LogP contribution in [0.2, 0.25) is 5.02 Å². The molecule has 0 amide bonds. The molecule has 0 bridgehead atoms. The van der Waals surface area contributed by atoms with Gasteiger partial charge >= 0.3 is 5.97 Å². The van der Waals surface area contributed by atoms with Gasteiger partial charge in [-0.2, -0.15) is 0 Å². The molecule has 4 heteroatoms. The molecule has 0 spiro atoms. The maximum Gasteiger partial charge on any atom is 0.330 e. The van der Waals surface area contributed by atoms with E-state index in [4.69, 9.17) is 16.3 Å². The van der Waals surface area contributed by atoms with Crippen molar-refractivity contribution in [2.75, 3.05) is 26.2 Å². The molecule has 0 aromatic heterocycles. The summed E-state index contributed by atoms with van der Waals surface area (Å²) in [6.45, 7) is 3.54. The molecule has 1 aliphatic rings. The maximum atomic E-state index is 11.6. The Morgan fingerprint density at radius 2 is 1.90 bits per heavy atom. The molecule has 1 aromatic carbocycles. The molecule has 2 rings (SSSR count). The molecule has 1 aliphatic heterocycles. The molecule has 0 N–H and O–H groups in total. The van der Waals surface area contributed by atoms with Crippen LogP contribution < -0.4 is 0 Å². The fraction of sp³-hybridized carbons (Fsp3) is 0.438. The second-order valence-electron chi connectivity index (χ2n) is 4.95. The summed E-state index contributed by atoms with van der Waals surface area (Å²) >= 11 is 5.80. The summed E-state index contributed by atoms with van der Waals surface area (Å²) in [5.74, 6) is -0.294. The Labute approximate surface area is 125 Å². The topological polar surface area (TPSA) is 29.5 Å². The van der Waals surface area contributed by atoms with E-state index >= 15 is 0 Å². The Morgan fingerprint density at radius 1 is 1.20 bits per heavy atom. The van der Waals surface area contributed by atoms with Crippen LogP contribution in [-0.2, 0) is 9.53 Å². The number of piperidine rings is 1. The lowest BCUT2D eigenvalue weighted by atomic mass is 10.1. The zero-order chi connectivity index (χ0) is 14.2. The second kappa shape index (κ2) is 8.08. The SMILES string of the molecule is O=C(/C=C/c1ccc(Cl)cc1)OCCN1CCCCC1. The quantitative estimate of drug-likeness (QED) is 0.616. The Balaban J connectivity index is 1.68. The molecule has 1 fully saturated rings. The van der Waals surface area contributed by atoms with Crippen molar-refractivity contribution in [2.45, 2.75) is 19.3 Å². The van der Waals surface area contributed by atoms with Gasteiger partial charge in [-0.05, 0) is 49.7 Å². The lowest BCUT2D eigenvalue weighted by Crippen LogP contribution is -2.33. The highest BCUT2D eigenvalue weighted by molar-refractivity contribution is 6.30. The first-order valence-corrected chi connectivity index (χ1v) is 7.44. The number of hydrogen-bond donors (Lipinski definition) is 0. The van der Waals surface area contributed by atoms with Crippen LogP contribution in [0.5, 0.6) is 0 Å². The number of ether oxygens (including phenoxy) is 1. The lowest BCUT2D eigenvalue weighted by Gasteiger charge is -2.25. The predicted molar refractivity (Wildman–Crippen MR) is 81.7 cm³/mol. The molecule has 0 radical (unpaired) electrons. The van der Waals surface area contributed by atoms with E-state index in [-0.39, 0.29) is 5.97 Å². The Bertz CT molecular complexity index is 450. The standard InChI is InChI=1S/C16H20ClNO2/c17-15-7-4-14(5-8-15)6-9-16(19)20-13-12-18-10-2-1-3-11-18/h4-9H,1-3,10-13H2/b9-6+. The number of hydrogen-bond acceptors (Lipinski definition) is 3. The van der Waals surface area contributed by atoms with Gasteiger partial charge in [0.15, 0.2) is 0 Å². The third-order valence-electron chi connectivity index (χ3n) is 3.38. The van der Waals surface area contributed by atoms with Crippen molar-refractivity contribution >= 4 is 23.6 Å². The van der Waals surface area contributed by atoms with Gasteiger partial charge in [0.25, 0.3) is 0 Å². The fourth-order valence-corrected chi connectivity index (χ4v) is 2.37. The molecule has 1 aromatic rings. The number of carbonyl (C=O) groups excluding carboxylic acids is 1. The third kappa shape index (κ3) is 5.35. The number of halogens is 1. The van der Waals surface area contributed by atoms with Crippen LogP contribution in [0, 0.1) is 0 Å². The van der Waals surface area contributed by atoms with E-state index in [1.807, 2.05) is 12.1 Å². The average molecular weight is 294 g/mol. The summed E-state index contributed by atoms with van der Waals surface area (Å²) in [6.07, 6.45) is 7.02. The molecule has 0 saturated carbocycles. The molecular formula is C16H20ClNO2. The first-order chi connectivity index (χ1) is 9.74. The van der Waals surface area contributed by atoms with Crippen molar-refractivity contribution in [3.8, 4) is 0 Å². The van der Waals surface area contributed by atoms with Gasteiger partial charge in [-0.3, -0.25) is 4.90 Å². The number of nitrogens with zero attached hydrogens (tertiary/aromatic N) is 1. The van der Waals surface area contributed by atoms with Gasteiger partial charge in [0.2, 0.25) is 0 Å². The largest absolute Gasteiger partial charge is 0.461 e. The number of carbonyl (C=O) groups is 1. The predicted octanol–water partition coefficient (Wildman–Crippen LogP) is 3.38. The van der Waals surface area contributed by atoms with Crippen molar-refractivity contribution in [1.29, 1.82) is 0 Å². The number of esters is 1. The summed E-state index contributed by atoms with van der Waals surface area (Å²) in [7, 11) is 0. The summed E-state index contributed by atoms with van der Waals surface area (Å²) in [4.78, 5) is 13.9. The smallest absolute Gasteiger partial charge is 0.330 e. The highest BCUT2D eigenvalue weighted by Crippen LogP contribution is 2.11. The van der Waals surface area contributed by atoms with Crippen molar-refractivity contribution in [3.63, 3.8) is 0 Å². The van der Waals surface area contributed by atoms with E-state index in [0.717, 1.165) is 25.2 Å². The van der Waals surface area contributed by atoms with Gasteiger partial charge < -0.3 is 4.74 Å². The number of benzene rings is 1. The van der Waals surface area contributed by atoms with E-state index in [0.29, 0.717) is 11.6 Å². The molecule has 0 atom stereocenters. The van der Waals surface area contributed by atoms with E-state index in [1.165, 1.54) is 25.3 Å². The highest BCUT2D eigenvalue weighted by Gasteiger charge is 2.09. The van der Waals surface area contributed by atoms with Gasteiger partial charge in [-0.1, -0.05) is 30.2 Å². The normalized spacial score (nSPS) is 16.4. The van der Waals surface area contributed by atoms with E-state index in [1.54, 1.807) is 18.2 Å². The molecule has 1 saturated heterocycles. The molecule has 20 heavy (non-hydrogen) atoms.